The van der Waals surface area contributed by atoms with Crippen LogP contribution in [0.3, 0.4) is 0 Å². The van der Waals surface area contributed by atoms with Gasteiger partial charge in [0, 0.05) is 24.5 Å². The number of nitrogens with one attached hydrogen (secondary N) is 2. The third-order valence-corrected chi connectivity index (χ3v) is 5.73. The molecule has 2 aromatic rings. The maximum Gasteiger partial charge on any atom is 0.266 e. The summed E-state index contributed by atoms with van der Waals surface area (Å²) in [5, 5.41) is 2.59. The minimum absolute atomic E-state index is 0.0900. The lowest BCUT2D eigenvalue weighted by molar-refractivity contribution is -0.117. The fraction of sp³-hybridized carbons (Fsp3) is 0.304. The Hall–Kier alpha value is -3.11. The number of unbranched alkanes of at least 4 members (excludes halogenated alkanes) is 4. The van der Waals surface area contributed by atoms with Gasteiger partial charge < -0.3 is 5.32 Å². The Bertz CT molecular complexity index is 1050. The Kier molecular flexibility index (Phi) is 8.63. The first-order valence-corrected chi connectivity index (χ1v) is 11.3. The Morgan fingerprint density at radius 2 is 1.67 bits per heavy atom. The van der Waals surface area contributed by atoms with Crippen molar-refractivity contribution < 1.29 is 18.0 Å². The van der Waals surface area contributed by atoms with Gasteiger partial charge in [-0.3, -0.25) is 9.59 Å². The summed E-state index contributed by atoms with van der Waals surface area (Å²) in [6, 6.07) is 12.7. The molecule has 0 heterocycles. The predicted molar refractivity (Wildman–Crippen MR) is 117 cm³/mol. The molecule has 0 fully saturated rings. The van der Waals surface area contributed by atoms with Gasteiger partial charge in [-0.05, 0) is 42.8 Å². The van der Waals surface area contributed by atoms with Crippen LogP contribution in [-0.4, -0.2) is 20.2 Å². The normalized spacial score (nSPS) is 10.6. The summed E-state index contributed by atoms with van der Waals surface area (Å²) in [4.78, 5) is 23.5. The van der Waals surface area contributed by atoms with Crippen molar-refractivity contribution in [3.63, 3.8) is 0 Å². The van der Waals surface area contributed by atoms with Gasteiger partial charge in [-0.1, -0.05) is 50.2 Å². The van der Waals surface area contributed by atoms with Crippen molar-refractivity contribution in [1.82, 2.24) is 4.72 Å². The highest BCUT2D eigenvalue weighted by Crippen LogP contribution is 2.21. The number of amides is 2. The van der Waals surface area contributed by atoms with Gasteiger partial charge in [0.2, 0.25) is 5.91 Å². The van der Waals surface area contributed by atoms with E-state index in [9.17, 15) is 18.0 Å². The van der Waals surface area contributed by atoms with Gasteiger partial charge in [-0.15, -0.1) is 0 Å². The quantitative estimate of drug-likeness (QED) is 0.491. The monoisotopic (exact) mass is 426 g/mol. The molecule has 2 rings (SSSR count). The average molecular weight is 427 g/mol. The average Bonchev–Trinajstić information content (AvgIpc) is 2.70. The zero-order valence-electron chi connectivity index (χ0n) is 17.2. The number of benzene rings is 2. The lowest BCUT2D eigenvalue weighted by atomic mass is 10.1. The highest BCUT2D eigenvalue weighted by molar-refractivity contribution is 7.90. The van der Waals surface area contributed by atoms with E-state index in [-0.39, 0.29) is 10.6 Å². The summed E-state index contributed by atoms with van der Waals surface area (Å²) >= 11 is 0. The molecule has 0 radical (unpaired) electrons. The fourth-order valence-corrected chi connectivity index (χ4v) is 3.91. The van der Waals surface area contributed by atoms with Gasteiger partial charge in [0.25, 0.3) is 15.9 Å². The fourth-order valence-electron chi connectivity index (χ4n) is 2.75. The molecule has 2 N–H and O–H groups in total. The summed E-state index contributed by atoms with van der Waals surface area (Å²) in [7, 11) is -4.08. The SMILES string of the molecule is CCCCCCC#Cc1ccc(C(=O)Nc2ccccc2S(=O)(=O)NC(C)=O)cc1. The van der Waals surface area contributed by atoms with Gasteiger partial charge >= 0.3 is 0 Å². The maximum atomic E-state index is 12.6. The molecule has 0 aliphatic carbocycles. The molecule has 2 aromatic carbocycles. The number of carbonyl (C=O) groups is 2. The van der Waals surface area contributed by atoms with Crippen LogP contribution < -0.4 is 10.0 Å². The zero-order valence-corrected chi connectivity index (χ0v) is 18.0. The van der Waals surface area contributed by atoms with E-state index in [0.717, 1.165) is 25.3 Å². The molecular formula is C23H26N2O4S. The summed E-state index contributed by atoms with van der Waals surface area (Å²) in [6.45, 7) is 3.28. The third kappa shape index (κ3) is 7.05. The van der Waals surface area contributed by atoms with Crippen LogP contribution in [0.4, 0.5) is 5.69 Å². The topological polar surface area (TPSA) is 92.3 Å². The molecule has 0 spiro atoms. The van der Waals surface area contributed by atoms with Gasteiger partial charge in [0.05, 0.1) is 5.69 Å². The lowest BCUT2D eigenvalue weighted by Gasteiger charge is -2.12. The molecule has 7 heteroatoms. The van der Waals surface area contributed by atoms with Gasteiger partial charge in [0.15, 0.2) is 0 Å². The van der Waals surface area contributed by atoms with Crippen molar-refractivity contribution >= 4 is 27.5 Å². The first-order valence-electron chi connectivity index (χ1n) is 9.86. The summed E-state index contributed by atoms with van der Waals surface area (Å²) < 4.78 is 26.5. The van der Waals surface area contributed by atoms with Gasteiger partial charge in [-0.25, -0.2) is 13.1 Å². The Balaban J connectivity index is 2.07. The van der Waals surface area contributed by atoms with Crippen molar-refractivity contribution in [3.8, 4) is 11.8 Å². The van der Waals surface area contributed by atoms with Crippen molar-refractivity contribution in [3.05, 3.63) is 59.7 Å². The maximum absolute atomic E-state index is 12.6. The van der Waals surface area contributed by atoms with Gasteiger partial charge in [0.1, 0.15) is 4.90 Å². The molecule has 0 aliphatic rings. The Morgan fingerprint density at radius 3 is 2.33 bits per heavy atom. The molecule has 6 nitrogen and oxygen atoms in total. The van der Waals surface area contributed by atoms with E-state index in [1.54, 1.807) is 30.3 Å². The van der Waals surface area contributed by atoms with E-state index >= 15 is 0 Å². The molecule has 0 aromatic heterocycles. The molecule has 0 atom stereocenters. The number of anilines is 1. The number of hydrogen-bond donors (Lipinski definition) is 2. The molecule has 2 amide bonds. The first-order chi connectivity index (χ1) is 14.3. The third-order valence-electron chi connectivity index (χ3n) is 4.24. The Labute approximate surface area is 178 Å². The second-order valence-electron chi connectivity index (χ2n) is 6.80. The van der Waals surface area contributed by atoms with Crippen LogP contribution in [-0.2, 0) is 14.8 Å². The van der Waals surface area contributed by atoms with Crippen LogP contribution in [0.15, 0.2) is 53.4 Å². The van der Waals surface area contributed by atoms with Crippen molar-refractivity contribution in [2.75, 3.05) is 5.32 Å². The van der Waals surface area contributed by atoms with E-state index < -0.39 is 21.8 Å². The number of rotatable bonds is 8. The van der Waals surface area contributed by atoms with Crippen molar-refractivity contribution in [2.24, 2.45) is 0 Å². The van der Waals surface area contributed by atoms with Crippen LogP contribution >= 0.6 is 0 Å². The minimum atomic E-state index is -4.08. The second-order valence-corrected chi connectivity index (χ2v) is 8.45. The molecule has 0 bridgehead atoms. The smallest absolute Gasteiger partial charge is 0.266 e. The highest BCUT2D eigenvalue weighted by Gasteiger charge is 2.20. The number of hydrogen-bond acceptors (Lipinski definition) is 4. The van der Waals surface area contributed by atoms with Crippen molar-refractivity contribution in [1.29, 1.82) is 0 Å². The largest absolute Gasteiger partial charge is 0.321 e. The van der Waals surface area contributed by atoms with Crippen LogP contribution in [0.25, 0.3) is 0 Å². The molecule has 0 unspecified atom stereocenters. The number of carbonyl (C=O) groups excluding carboxylic acids is 2. The minimum Gasteiger partial charge on any atom is -0.321 e. The van der Waals surface area contributed by atoms with E-state index in [2.05, 4.69) is 24.1 Å². The summed E-state index contributed by atoms with van der Waals surface area (Å²) in [5.41, 5.74) is 1.28. The predicted octanol–water partition coefficient (Wildman–Crippen LogP) is 4.09. The van der Waals surface area contributed by atoms with E-state index in [4.69, 9.17) is 0 Å². The van der Waals surface area contributed by atoms with Gasteiger partial charge in [-0.2, -0.15) is 0 Å². The van der Waals surface area contributed by atoms with Crippen LogP contribution in [0.5, 0.6) is 0 Å². The lowest BCUT2D eigenvalue weighted by Crippen LogP contribution is -2.29. The van der Waals surface area contributed by atoms with E-state index in [1.807, 2.05) is 4.72 Å². The van der Waals surface area contributed by atoms with Crippen LogP contribution in [0.2, 0.25) is 0 Å². The summed E-state index contributed by atoms with van der Waals surface area (Å²) in [6.07, 6.45) is 5.54. The number of para-hydroxylation sites is 1. The van der Waals surface area contributed by atoms with E-state index in [0.29, 0.717) is 5.56 Å². The van der Waals surface area contributed by atoms with Crippen molar-refractivity contribution in [2.45, 2.75) is 50.8 Å². The Morgan fingerprint density at radius 1 is 0.967 bits per heavy atom. The van der Waals surface area contributed by atoms with Crippen LogP contribution in [0.1, 0.15) is 61.9 Å². The summed E-state index contributed by atoms with van der Waals surface area (Å²) in [5.74, 6) is 5.05. The molecule has 0 aliphatic heterocycles. The second kappa shape index (κ2) is 11.2. The first kappa shape index (κ1) is 23.2. The van der Waals surface area contributed by atoms with E-state index in [1.165, 1.54) is 37.5 Å². The highest BCUT2D eigenvalue weighted by atomic mass is 32.2. The molecule has 0 saturated heterocycles. The zero-order chi connectivity index (χ0) is 22.0. The standard InChI is InChI=1S/C23H26N2O4S/c1-3-4-5-6-7-8-11-19-14-16-20(17-15-19)23(27)24-21-12-9-10-13-22(21)30(28,29)25-18(2)26/h9-10,12-17H,3-7H2,1-2H3,(H,24,27)(H,25,26). The van der Waals surface area contributed by atoms with Crippen LogP contribution in [0, 0.1) is 11.8 Å². The molecule has 158 valence electrons. The molecule has 0 saturated carbocycles. The molecular weight excluding hydrogens is 400 g/mol. The number of sulfonamides is 1. The molecule has 30 heavy (non-hydrogen) atoms.